The van der Waals surface area contributed by atoms with Gasteiger partial charge in [-0.05, 0) is 6.92 Å². The summed E-state index contributed by atoms with van der Waals surface area (Å²) in [5.41, 5.74) is 0. The highest BCUT2D eigenvalue weighted by molar-refractivity contribution is 4.89. The fourth-order valence-electron chi connectivity index (χ4n) is 2.09. The maximum Gasteiger partial charge on any atom is 0.187 e. The van der Waals surface area contributed by atoms with E-state index in [-0.39, 0.29) is 0 Å². The summed E-state index contributed by atoms with van der Waals surface area (Å²) in [6.45, 7) is -0.193. The molecule has 0 aromatic heterocycles. The molecule has 9 atom stereocenters. The zero-order valence-corrected chi connectivity index (χ0v) is 12.0. The Bertz CT molecular complexity index is 329. The summed E-state index contributed by atoms with van der Waals surface area (Å²) < 4.78 is 10.3. The van der Waals surface area contributed by atoms with Gasteiger partial charge in [-0.2, -0.15) is 0 Å². The van der Waals surface area contributed by atoms with Crippen LogP contribution in [0.15, 0.2) is 0 Å². The molecule has 0 aromatic rings. The van der Waals surface area contributed by atoms with Crippen LogP contribution in [0.3, 0.4) is 0 Å². The van der Waals surface area contributed by atoms with Crippen molar-refractivity contribution in [3.8, 4) is 0 Å². The summed E-state index contributed by atoms with van der Waals surface area (Å²) in [6.07, 6.45) is -13.6. The Hall–Kier alpha value is -0.400. The number of hydrogen-bond acceptors (Lipinski definition) is 10. The third-order valence-electron chi connectivity index (χ3n) is 3.61. The molecule has 0 spiro atoms. The molecule has 1 aliphatic heterocycles. The quantitative estimate of drug-likeness (QED) is 0.226. The second-order valence-corrected chi connectivity index (χ2v) is 5.27. The van der Waals surface area contributed by atoms with Gasteiger partial charge in [-0.1, -0.05) is 0 Å². The van der Waals surface area contributed by atoms with Crippen LogP contribution in [0.25, 0.3) is 0 Å². The van der Waals surface area contributed by atoms with Crippen LogP contribution in [0.1, 0.15) is 6.92 Å². The van der Waals surface area contributed by atoms with E-state index in [9.17, 15) is 35.7 Å². The molecule has 1 saturated heterocycles. The predicted molar refractivity (Wildman–Crippen MR) is 69.4 cm³/mol. The van der Waals surface area contributed by atoms with Crippen LogP contribution in [0.5, 0.6) is 0 Å². The Morgan fingerprint density at radius 1 is 0.909 bits per heavy atom. The Morgan fingerprint density at radius 2 is 1.50 bits per heavy atom. The van der Waals surface area contributed by atoms with E-state index in [0.29, 0.717) is 0 Å². The molecular weight excluding hydrogens is 304 g/mol. The number of aliphatic hydroxyl groups is 8. The lowest BCUT2D eigenvalue weighted by Gasteiger charge is -2.41. The van der Waals surface area contributed by atoms with E-state index in [0.717, 1.165) is 0 Å². The molecule has 1 aliphatic rings. The Morgan fingerprint density at radius 3 is 2.00 bits per heavy atom. The van der Waals surface area contributed by atoms with Crippen LogP contribution in [-0.4, -0.2) is 109 Å². The molecule has 1 fully saturated rings. The molecule has 10 nitrogen and oxygen atoms in total. The van der Waals surface area contributed by atoms with Crippen molar-refractivity contribution >= 4 is 0 Å². The average Bonchev–Trinajstić information content (AvgIpc) is 2.52. The van der Waals surface area contributed by atoms with E-state index in [1.54, 1.807) is 0 Å². The zero-order valence-electron chi connectivity index (χ0n) is 12.0. The number of rotatable bonds is 7. The third-order valence-corrected chi connectivity index (χ3v) is 3.61. The minimum absolute atomic E-state index is 0.796. The summed E-state index contributed by atoms with van der Waals surface area (Å²) in [4.78, 5) is 0. The van der Waals surface area contributed by atoms with Gasteiger partial charge in [0.2, 0.25) is 0 Å². The lowest BCUT2D eigenvalue weighted by Crippen LogP contribution is -2.59. The van der Waals surface area contributed by atoms with Gasteiger partial charge >= 0.3 is 0 Å². The van der Waals surface area contributed by atoms with E-state index < -0.39 is 68.3 Å². The summed E-state index contributed by atoms with van der Waals surface area (Å²) in [5, 5.41) is 75.6. The lowest BCUT2D eigenvalue weighted by molar-refractivity contribution is -0.316. The molecule has 0 amide bonds. The van der Waals surface area contributed by atoms with Crippen molar-refractivity contribution in [1.29, 1.82) is 0 Å². The zero-order chi connectivity index (χ0) is 17.0. The number of aliphatic hydroxyl groups excluding tert-OH is 8. The Kier molecular flexibility index (Phi) is 7.55. The van der Waals surface area contributed by atoms with Crippen LogP contribution >= 0.6 is 0 Å². The SMILES string of the molecule is C[C@@H]1O[C@@H](O[C@@H](CO)[C@@H](O)[C@@H](O)[C@H](O)CO)[C@@H](O)[C@H](O)[C@@H]1O. The molecule has 0 saturated carbocycles. The molecule has 10 heteroatoms. The van der Waals surface area contributed by atoms with Crippen molar-refractivity contribution in [1.82, 2.24) is 0 Å². The van der Waals surface area contributed by atoms with Gasteiger partial charge in [0.25, 0.3) is 0 Å². The topological polar surface area (TPSA) is 180 Å². The smallest absolute Gasteiger partial charge is 0.187 e. The average molecular weight is 328 g/mol. The summed E-state index contributed by atoms with van der Waals surface area (Å²) >= 11 is 0. The molecule has 22 heavy (non-hydrogen) atoms. The van der Waals surface area contributed by atoms with Crippen molar-refractivity contribution in [2.75, 3.05) is 13.2 Å². The highest BCUT2D eigenvalue weighted by Gasteiger charge is 2.44. The van der Waals surface area contributed by atoms with Crippen LogP contribution in [0.2, 0.25) is 0 Å². The van der Waals surface area contributed by atoms with Crippen molar-refractivity contribution < 1.29 is 50.3 Å². The van der Waals surface area contributed by atoms with Crippen molar-refractivity contribution in [2.45, 2.75) is 62.0 Å². The van der Waals surface area contributed by atoms with E-state index in [1.807, 2.05) is 0 Å². The first-order valence-electron chi connectivity index (χ1n) is 6.85. The van der Waals surface area contributed by atoms with Crippen molar-refractivity contribution in [3.05, 3.63) is 0 Å². The van der Waals surface area contributed by atoms with E-state index >= 15 is 0 Å². The first-order valence-corrected chi connectivity index (χ1v) is 6.85. The van der Waals surface area contributed by atoms with Gasteiger partial charge in [-0.15, -0.1) is 0 Å². The lowest BCUT2D eigenvalue weighted by atomic mass is 9.99. The number of hydrogen-bond donors (Lipinski definition) is 8. The first kappa shape index (κ1) is 19.6. The van der Waals surface area contributed by atoms with Crippen molar-refractivity contribution in [3.63, 3.8) is 0 Å². The molecule has 1 rings (SSSR count). The summed E-state index contributed by atoms with van der Waals surface area (Å²) in [5.74, 6) is 0. The fraction of sp³-hybridized carbons (Fsp3) is 1.00. The van der Waals surface area contributed by atoms with Gasteiger partial charge in [-0.3, -0.25) is 0 Å². The van der Waals surface area contributed by atoms with Crippen LogP contribution < -0.4 is 0 Å². The monoisotopic (exact) mass is 328 g/mol. The third kappa shape index (κ3) is 4.32. The van der Waals surface area contributed by atoms with Crippen LogP contribution in [-0.2, 0) is 9.47 Å². The second-order valence-electron chi connectivity index (χ2n) is 5.27. The highest BCUT2D eigenvalue weighted by Crippen LogP contribution is 2.23. The van der Waals surface area contributed by atoms with Crippen LogP contribution in [0.4, 0.5) is 0 Å². The number of ether oxygens (including phenoxy) is 2. The molecule has 1 heterocycles. The van der Waals surface area contributed by atoms with Gasteiger partial charge in [-0.25, -0.2) is 0 Å². The highest BCUT2D eigenvalue weighted by atomic mass is 16.7. The summed E-state index contributed by atoms with van der Waals surface area (Å²) in [6, 6.07) is 0. The molecule has 8 N–H and O–H groups in total. The van der Waals surface area contributed by atoms with E-state index in [2.05, 4.69) is 0 Å². The molecule has 0 aliphatic carbocycles. The molecular formula is C12H24O10. The maximum absolute atomic E-state index is 9.82. The van der Waals surface area contributed by atoms with Crippen molar-refractivity contribution in [2.24, 2.45) is 0 Å². The molecule has 0 bridgehead atoms. The van der Waals surface area contributed by atoms with Gasteiger partial charge in [0.1, 0.15) is 42.7 Å². The van der Waals surface area contributed by atoms with Gasteiger partial charge in [0, 0.05) is 0 Å². The standard InChI is InChI=1S/C12H24O10/c1-4-7(16)10(19)11(20)12(21-4)22-6(3-14)9(18)8(17)5(15)2-13/h4-20H,2-3H2,1H3/t4-,5+,6-,7+,8-,9+,10+,11-,12-/m0/s1. The van der Waals surface area contributed by atoms with E-state index in [1.165, 1.54) is 6.92 Å². The first-order chi connectivity index (χ1) is 10.2. The largest absolute Gasteiger partial charge is 0.394 e. The normalized spacial score (nSPS) is 38.3. The minimum atomic E-state index is -1.81. The van der Waals surface area contributed by atoms with Gasteiger partial charge in [0.15, 0.2) is 6.29 Å². The Labute approximate surface area is 126 Å². The molecule has 132 valence electrons. The predicted octanol–water partition coefficient (Wildman–Crippen LogP) is -4.73. The van der Waals surface area contributed by atoms with Gasteiger partial charge < -0.3 is 50.3 Å². The Balaban J connectivity index is 2.72. The molecule has 0 unspecified atom stereocenters. The fourth-order valence-corrected chi connectivity index (χ4v) is 2.09. The summed E-state index contributed by atoms with van der Waals surface area (Å²) in [7, 11) is 0. The molecule has 0 aromatic carbocycles. The van der Waals surface area contributed by atoms with Crippen LogP contribution in [0, 0.1) is 0 Å². The second kappa shape index (κ2) is 8.45. The maximum atomic E-state index is 9.82. The van der Waals surface area contributed by atoms with Gasteiger partial charge in [0.05, 0.1) is 19.3 Å². The minimum Gasteiger partial charge on any atom is -0.394 e. The molecule has 0 radical (unpaired) electrons. The van der Waals surface area contributed by atoms with E-state index in [4.69, 9.17) is 14.6 Å².